The molecule has 0 atom stereocenters. The molecule has 0 radical (unpaired) electrons. The molecule has 0 aliphatic rings. The smallest absolute Gasteiger partial charge is 0.160 e. The maximum atomic E-state index is 5.46. The van der Waals surface area contributed by atoms with Crippen molar-refractivity contribution in [2.45, 2.75) is 6.42 Å². The highest BCUT2D eigenvalue weighted by Crippen LogP contribution is 1.79. The number of hydrogen-bond acceptors (Lipinski definition) is 2. The third-order valence-corrected chi connectivity index (χ3v) is 1.31. The molecule has 0 aromatic rings. The fraction of sp³-hybridized carbons (Fsp3) is 0.800. The summed E-state index contributed by atoms with van der Waals surface area (Å²) in [5.41, 5.74) is 0.947. The summed E-state index contributed by atoms with van der Waals surface area (Å²) < 4.78 is 0. The summed E-state index contributed by atoms with van der Waals surface area (Å²) in [6, 6.07) is 0. The van der Waals surface area contributed by atoms with Crippen molar-refractivity contribution >= 4 is 18.3 Å². The number of rotatable bonds is 4. The fourth-order valence-corrected chi connectivity index (χ4v) is 0.523. The minimum atomic E-state index is 0.696. The summed E-state index contributed by atoms with van der Waals surface area (Å²) in [5.74, 6) is 0.696. The zero-order valence-electron chi connectivity index (χ0n) is 5.15. The van der Waals surface area contributed by atoms with Crippen molar-refractivity contribution in [2.75, 3.05) is 19.3 Å². The van der Waals surface area contributed by atoms with Crippen LogP contribution in [0.2, 0.25) is 0 Å². The van der Waals surface area contributed by atoms with Crippen LogP contribution in [0, 0.1) is 0 Å². The molecule has 3 heteroatoms. The van der Waals surface area contributed by atoms with Gasteiger partial charge in [0.15, 0.2) is 5.71 Å². The lowest BCUT2D eigenvalue weighted by Crippen LogP contribution is -2.42. The predicted octanol–water partition coefficient (Wildman–Crippen LogP) is -1.27. The van der Waals surface area contributed by atoms with Crippen LogP contribution in [0.25, 0.3) is 0 Å². The first-order chi connectivity index (χ1) is 3.81. The molecule has 0 aromatic carbocycles. The first kappa shape index (κ1) is 7.98. The largest absolute Gasteiger partial charge is 0.319 e. The summed E-state index contributed by atoms with van der Waals surface area (Å²) in [6.45, 7) is 0.951. The average molecular weight is 133 g/mol. The summed E-state index contributed by atoms with van der Waals surface area (Å²) in [4.78, 5) is 0. The fourth-order valence-electron chi connectivity index (χ4n) is 0.365. The Morgan fingerprint density at radius 3 is 2.75 bits per heavy atom. The zero-order valence-corrected chi connectivity index (χ0v) is 6.04. The standard InChI is InChI=1S/C5H12N2S/c1-7-3-2-5(6)4-8/h6-8H,2-4H2,1H3/p+1. The Balaban J connectivity index is 2.99. The van der Waals surface area contributed by atoms with Gasteiger partial charge in [-0.05, 0) is 7.05 Å². The molecule has 0 unspecified atom stereocenters. The van der Waals surface area contributed by atoms with Crippen molar-refractivity contribution in [3.8, 4) is 0 Å². The van der Waals surface area contributed by atoms with Gasteiger partial charge in [-0.1, -0.05) is 0 Å². The van der Waals surface area contributed by atoms with E-state index in [1.807, 2.05) is 7.05 Å². The normalized spacial score (nSPS) is 9.25. The maximum absolute atomic E-state index is 5.46. The Labute approximate surface area is 55.6 Å². The van der Waals surface area contributed by atoms with E-state index < -0.39 is 0 Å². The molecule has 0 saturated carbocycles. The highest BCUT2D eigenvalue weighted by atomic mass is 32.1. The summed E-state index contributed by atoms with van der Waals surface area (Å²) in [6.07, 6.45) is 0.931. The molecular formula is C5H13N2S+. The van der Waals surface area contributed by atoms with Crippen LogP contribution in [0.15, 0.2) is 0 Å². The van der Waals surface area contributed by atoms with E-state index >= 15 is 0 Å². The summed E-state index contributed by atoms with van der Waals surface area (Å²) in [5, 5.41) is 8.46. The molecule has 0 heterocycles. The zero-order chi connectivity index (χ0) is 6.41. The number of thiol groups is 1. The van der Waals surface area contributed by atoms with Gasteiger partial charge in [-0.25, -0.2) is 0 Å². The summed E-state index contributed by atoms with van der Waals surface area (Å²) >= 11 is 4.00. The predicted molar refractivity (Wildman–Crippen MR) is 39.3 cm³/mol. The molecule has 0 amide bonds. The quantitative estimate of drug-likeness (QED) is 0.324. The lowest BCUT2D eigenvalue weighted by atomic mass is 10.3. The minimum Gasteiger partial charge on any atom is -0.319 e. The van der Waals surface area contributed by atoms with Gasteiger partial charge in [0.1, 0.15) is 0 Å². The monoisotopic (exact) mass is 133 g/mol. The molecule has 0 aliphatic carbocycles. The molecule has 0 bridgehead atoms. The van der Waals surface area contributed by atoms with Crippen molar-refractivity contribution in [1.82, 2.24) is 5.32 Å². The maximum Gasteiger partial charge on any atom is 0.160 e. The molecule has 48 valence electrons. The number of nitrogens with two attached hydrogens (primary N) is 1. The van der Waals surface area contributed by atoms with Crippen LogP contribution in [-0.2, 0) is 0 Å². The third kappa shape index (κ3) is 4.15. The Hall–Kier alpha value is -0.0200. The van der Waals surface area contributed by atoms with E-state index in [4.69, 9.17) is 5.41 Å². The van der Waals surface area contributed by atoms with Gasteiger partial charge >= 0.3 is 0 Å². The van der Waals surface area contributed by atoms with E-state index in [0.717, 1.165) is 18.7 Å². The molecule has 3 N–H and O–H groups in total. The molecule has 0 spiro atoms. The van der Waals surface area contributed by atoms with E-state index in [0.29, 0.717) is 5.75 Å². The Bertz CT molecular complexity index is 72.8. The minimum absolute atomic E-state index is 0.696. The van der Waals surface area contributed by atoms with E-state index in [1.54, 1.807) is 0 Å². The van der Waals surface area contributed by atoms with Crippen molar-refractivity contribution in [2.24, 2.45) is 0 Å². The van der Waals surface area contributed by atoms with E-state index in [9.17, 15) is 0 Å². The van der Waals surface area contributed by atoms with Crippen LogP contribution in [0.1, 0.15) is 6.42 Å². The molecule has 2 nitrogen and oxygen atoms in total. The van der Waals surface area contributed by atoms with Crippen LogP contribution in [0.5, 0.6) is 0 Å². The van der Waals surface area contributed by atoms with Crippen LogP contribution < -0.4 is 10.7 Å². The summed E-state index contributed by atoms with van der Waals surface area (Å²) in [7, 11) is 1.91. The molecule has 0 rings (SSSR count). The average Bonchev–Trinajstić information content (AvgIpc) is 1.83. The van der Waals surface area contributed by atoms with Gasteiger partial charge in [0.2, 0.25) is 0 Å². The molecular weight excluding hydrogens is 120 g/mol. The molecule has 0 aromatic heterocycles. The van der Waals surface area contributed by atoms with E-state index in [1.165, 1.54) is 0 Å². The lowest BCUT2D eigenvalue weighted by molar-refractivity contribution is -0.116. The molecule has 0 aliphatic heterocycles. The van der Waals surface area contributed by atoms with Gasteiger partial charge in [-0.2, -0.15) is 12.6 Å². The van der Waals surface area contributed by atoms with Gasteiger partial charge in [-0.15, -0.1) is 0 Å². The van der Waals surface area contributed by atoms with Crippen molar-refractivity contribution in [1.29, 1.82) is 0 Å². The number of hydrogen-bond donors (Lipinski definition) is 3. The van der Waals surface area contributed by atoms with Crippen molar-refractivity contribution in [3.05, 3.63) is 0 Å². The highest BCUT2D eigenvalue weighted by molar-refractivity contribution is 7.81. The van der Waals surface area contributed by atoms with Crippen LogP contribution in [0.3, 0.4) is 0 Å². The van der Waals surface area contributed by atoms with Crippen LogP contribution in [0.4, 0.5) is 0 Å². The molecule has 0 fully saturated rings. The number of nitrogens with one attached hydrogen (secondary N) is 1. The van der Waals surface area contributed by atoms with Crippen molar-refractivity contribution < 1.29 is 5.41 Å². The van der Waals surface area contributed by atoms with Crippen LogP contribution >= 0.6 is 12.6 Å². The van der Waals surface area contributed by atoms with E-state index in [2.05, 4.69) is 17.9 Å². The van der Waals surface area contributed by atoms with Gasteiger partial charge < -0.3 is 5.32 Å². The van der Waals surface area contributed by atoms with Gasteiger partial charge in [0.05, 0.1) is 5.75 Å². The van der Waals surface area contributed by atoms with Crippen molar-refractivity contribution in [3.63, 3.8) is 0 Å². The second-order valence-corrected chi connectivity index (χ2v) is 1.99. The van der Waals surface area contributed by atoms with Gasteiger partial charge in [-0.3, -0.25) is 5.41 Å². The highest BCUT2D eigenvalue weighted by Gasteiger charge is 1.95. The SMILES string of the molecule is CNCCC(=[NH2+])CS. The first-order valence-electron chi connectivity index (χ1n) is 2.67. The second kappa shape index (κ2) is 5.12. The second-order valence-electron chi connectivity index (χ2n) is 1.67. The Kier molecular flexibility index (Phi) is 5.11. The van der Waals surface area contributed by atoms with E-state index in [-0.39, 0.29) is 0 Å². The Morgan fingerprint density at radius 2 is 2.38 bits per heavy atom. The van der Waals surface area contributed by atoms with Gasteiger partial charge in [0, 0.05) is 13.0 Å². The first-order valence-corrected chi connectivity index (χ1v) is 3.30. The van der Waals surface area contributed by atoms with Crippen LogP contribution in [-0.4, -0.2) is 25.1 Å². The van der Waals surface area contributed by atoms with Gasteiger partial charge in [0.25, 0.3) is 0 Å². The molecule has 0 saturated heterocycles. The third-order valence-electron chi connectivity index (χ3n) is 0.899. The lowest BCUT2D eigenvalue weighted by Gasteiger charge is -1.91. The molecule has 8 heavy (non-hydrogen) atoms. The Morgan fingerprint density at radius 1 is 1.75 bits per heavy atom. The topological polar surface area (TPSA) is 37.6 Å².